The molecule has 0 aliphatic carbocycles. The van der Waals surface area contributed by atoms with Crippen LogP contribution in [0.2, 0.25) is 0 Å². The second-order valence-electron chi connectivity index (χ2n) is 4.56. The van der Waals surface area contributed by atoms with Crippen LogP contribution in [0.3, 0.4) is 0 Å². The molecule has 0 amide bonds. The summed E-state index contributed by atoms with van der Waals surface area (Å²) in [4.78, 5) is 12.1. The molecule has 1 unspecified atom stereocenters. The summed E-state index contributed by atoms with van der Waals surface area (Å²) in [6, 6.07) is 15.2. The zero-order valence-electron chi connectivity index (χ0n) is 11.9. The van der Waals surface area contributed by atoms with Gasteiger partial charge in [0.1, 0.15) is 17.3 Å². The van der Waals surface area contributed by atoms with Gasteiger partial charge < -0.3 is 9.47 Å². The lowest BCUT2D eigenvalue weighted by Gasteiger charge is -2.18. The molecule has 0 spiro atoms. The lowest BCUT2D eigenvalue weighted by atomic mass is 9.87. The topological polar surface area (TPSA) is 35.5 Å². The Kier molecular flexibility index (Phi) is 4.41. The number of carbonyl (C=O) groups is 1. The van der Waals surface area contributed by atoms with E-state index >= 15 is 0 Å². The molecule has 1 atom stereocenters. The van der Waals surface area contributed by atoms with Gasteiger partial charge in [-0.2, -0.15) is 0 Å². The summed E-state index contributed by atoms with van der Waals surface area (Å²) in [5.41, 5.74) is 1.82. The van der Waals surface area contributed by atoms with E-state index in [1.807, 2.05) is 42.5 Å². The highest BCUT2D eigenvalue weighted by atomic mass is 16.5. The first-order chi connectivity index (χ1) is 9.67. The molecule has 2 aromatic rings. The van der Waals surface area contributed by atoms with Crippen LogP contribution in [0.25, 0.3) is 0 Å². The van der Waals surface area contributed by atoms with Gasteiger partial charge in [-0.1, -0.05) is 36.4 Å². The monoisotopic (exact) mass is 270 g/mol. The molecular formula is C17H18O3. The summed E-state index contributed by atoms with van der Waals surface area (Å²) in [6.45, 7) is 1.60. The maximum atomic E-state index is 12.1. The predicted octanol–water partition coefficient (Wildman–Crippen LogP) is 3.42. The summed E-state index contributed by atoms with van der Waals surface area (Å²) in [5, 5.41) is 0. The van der Waals surface area contributed by atoms with Crippen molar-refractivity contribution in [3.05, 3.63) is 59.7 Å². The number of hydrogen-bond donors (Lipinski definition) is 0. The van der Waals surface area contributed by atoms with E-state index in [2.05, 4.69) is 0 Å². The van der Waals surface area contributed by atoms with Crippen LogP contribution in [0.4, 0.5) is 0 Å². The summed E-state index contributed by atoms with van der Waals surface area (Å²) in [6.07, 6.45) is 0. The fourth-order valence-corrected chi connectivity index (χ4v) is 2.34. The van der Waals surface area contributed by atoms with Crippen molar-refractivity contribution in [1.82, 2.24) is 0 Å². The number of methoxy groups -OCH3 is 2. The van der Waals surface area contributed by atoms with E-state index < -0.39 is 0 Å². The normalized spacial score (nSPS) is 11.8. The quantitative estimate of drug-likeness (QED) is 0.835. The fraction of sp³-hybridized carbons (Fsp3) is 0.235. The Hall–Kier alpha value is -2.29. The molecule has 104 valence electrons. The molecular weight excluding hydrogens is 252 g/mol. The molecule has 0 aromatic heterocycles. The molecule has 0 radical (unpaired) electrons. The molecule has 0 aliphatic heterocycles. The molecule has 2 aromatic carbocycles. The van der Waals surface area contributed by atoms with Gasteiger partial charge in [0.05, 0.1) is 20.1 Å². The molecule has 0 N–H and O–H groups in total. The van der Waals surface area contributed by atoms with Crippen molar-refractivity contribution in [2.75, 3.05) is 14.2 Å². The number of benzene rings is 2. The second-order valence-corrected chi connectivity index (χ2v) is 4.56. The number of hydrogen-bond acceptors (Lipinski definition) is 3. The van der Waals surface area contributed by atoms with Crippen molar-refractivity contribution >= 4 is 5.78 Å². The highest BCUT2D eigenvalue weighted by molar-refractivity contribution is 5.87. The number of Topliss-reactive ketones (excluding diaryl/α,β-unsaturated/α-hetero) is 1. The van der Waals surface area contributed by atoms with Crippen molar-refractivity contribution in [1.29, 1.82) is 0 Å². The lowest BCUT2D eigenvalue weighted by Crippen LogP contribution is -2.11. The number of ether oxygens (including phenoxy) is 2. The summed E-state index contributed by atoms with van der Waals surface area (Å²) in [7, 11) is 3.20. The van der Waals surface area contributed by atoms with Gasteiger partial charge in [0.15, 0.2) is 0 Å². The van der Waals surface area contributed by atoms with E-state index in [0.29, 0.717) is 11.5 Å². The largest absolute Gasteiger partial charge is 0.497 e. The van der Waals surface area contributed by atoms with Crippen molar-refractivity contribution in [3.8, 4) is 11.5 Å². The Balaban J connectivity index is 2.53. The standard InChI is InChI=1S/C17H18O3/c1-12(18)17(13-7-5-4-6-8-13)15-10-9-14(19-2)11-16(15)20-3/h4-11,17H,1-3H3. The van der Waals surface area contributed by atoms with Gasteiger partial charge in [-0.15, -0.1) is 0 Å². The predicted molar refractivity (Wildman–Crippen MR) is 78.5 cm³/mol. The average molecular weight is 270 g/mol. The van der Waals surface area contributed by atoms with E-state index in [1.165, 1.54) is 0 Å². The van der Waals surface area contributed by atoms with Gasteiger partial charge in [-0.05, 0) is 18.6 Å². The summed E-state index contributed by atoms with van der Waals surface area (Å²) in [5.74, 6) is 1.13. The third-order valence-corrected chi connectivity index (χ3v) is 3.29. The minimum Gasteiger partial charge on any atom is -0.497 e. The van der Waals surface area contributed by atoms with Crippen molar-refractivity contribution < 1.29 is 14.3 Å². The number of carbonyl (C=O) groups excluding carboxylic acids is 1. The molecule has 0 saturated carbocycles. The molecule has 2 rings (SSSR count). The van der Waals surface area contributed by atoms with Gasteiger partial charge in [0.25, 0.3) is 0 Å². The molecule has 0 heterocycles. The molecule has 3 heteroatoms. The van der Waals surface area contributed by atoms with Crippen LogP contribution >= 0.6 is 0 Å². The van der Waals surface area contributed by atoms with Crippen molar-refractivity contribution in [2.45, 2.75) is 12.8 Å². The fourth-order valence-electron chi connectivity index (χ4n) is 2.34. The number of rotatable bonds is 5. The van der Waals surface area contributed by atoms with Crippen LogP contribution < -0.4 is 9.47 Å². The van der Waals surface area contributed by atoms with E-state index in [9.17, 15) is 4.79 Å². The smallest absolute Gasteiger partial charge is 0.141 e. The van der Waals surface area contributed by atoms with Gasteiger partial charge in [-0.25, -0.2) is 0 Å². The maximum Gasteiger partial charge on any atom is 0.141 e. The first-order valence-electron chi connectivity index (χ1n) is 6.44. The summed E-state index contributed by atoms with van der Waals surface area (Å²) < 4.78 is 10.6. The zero-order valence-corrected chi connectivity index (χ0v) is 11.9. The van der Waals surface area contributed by atoms with Gasteiger partial charge in [-0.3, -0.25) is 4.79 Å². The molecule has 0 saturated heterocycles. The van der Waals surface area contributed by atoms with Crippen LogP contribution in [0.5, 0.6) is 11.5 Å². The Morgan fingerprint density at radius 2 is 1.70 bits per heavy atom. The Labute approximate surface area is 119 Å². The minimum atomic E-state index is -0.322. The van der Waals surface area contributed by atoms with E-state index in [1.54, 1.807) is 27.2 Å². The van der Waals surface area contributed by atoms with Crippen LogP contribution in [0.15, 0.2) is 48.5 Å². The first kappa shape index (κ1) is 14.1. The number of ketones is 1. The Morgan fingerprint density at radius 3 is 2.25 bits per heavy atom. The van der Waals surface area contributed by atoms with Crippen molar-refractivity contribution in [3.63, 3.8) is 0 Å². The third-order valence-electron chi connectivity index (χ3n) is 3.29. The molecule has 20 heavy (non-hydrogen) atoms. The third kappa shape index (κ3) is 2.82. The Bertz CT molecular complexity index is 590. The maximum absolute atomic E-state index is 12.1. The van der Waals surface area contributed by atoms with E-state index in [0.717, 1.165) is 11.1 Å². The van der Waals surface area contributed by atoms with Crippen LogP contribution in [0.1, 0.15) is 24.0 Å². The lowest BCUT2D eigenvalue weighted by molar-refractivity contribution is -0.117. The SMILES string of the molecule is COc1ccc(C(C(C)=O)c2ccccc2)c(OC)c1. The second kappa shape index (κ2) is 6.24. The first-order valence-corrected chi connectivity index (χ1v) is 6.44. The van der Waals surface area contributed by atoms with E-state index in [-0.39, 0.29) is 11.7 Å². The molecule has 0 bridgehead atoms. The molecule has 3 nitrogen and oxygen atoms in total. The highest BCUT2D eigenvalue weighted by Crippen LogP contribution is 2.35. The van der Waals surface area contributed by atoms with Gasteiger partial charge in [0, 0.05) is 11.6 Å². The minimum absolute atomic E-state index is 0.0830. The van der Waals surface area contributed by atoms with Crippen LogP contribution in [-0.4, -0.2) is 20.0 Å². The van der Waals surface area contributed by atoms with Gasteiger partial charge in [0.2, 0.25) is 0 Å². The highest BCUT2D eigenvalue weighted by Gasteiger charge is 2.22. The average Bonchev–Trinajstić information content (AvgIpc) is 2.48. The van der Waals surface area contributed by atoms with E-state index in [4.69, 9.17) is 9.47 Å². The van der Waals surface area contributed by atoms with Crippen LogP contribution in [0, 0.1) is 0 Å². The van der Waals surface area contributed by atoms with Crippen molar-refractivity contribution in [2.24, 2.45) is 0 Å². The van der Waals surface area contributed by atoms with Crippen LogP contribution in [-0.2, 0) is 4.79 Å². The molecule has 0 fully saturated rings. The van der Waals surface area contributed by atoms with Gasteiger partial charge >= 0.3 is 0 Å². The Morgan fingerprint density at radius 1 is 1.00 bits per heavy atom. The summed E-state index contributed by atoms with van der Waals surface area (Å²) >= 11 is 0. The zero-order chi connectivity index (χ0) is 14.5. The molecule has 0 aliphatic rings.